The molecular weight excluding hydrogens is 226 g/mol. The van der Waals surface area contributed by atoms with E-state index >= 15 is 0 Å². The van der Waals surface area contributed by atoms with Gasteiger partial charge in [0.25, 0.3) is 0 Å². The number of tetrazole rings is 1. The number of hydrogen-bond acceptors (Lipinski definition) is 6. The summed E-state index contributed by atoms with van der Waals surface area (Å²) in [5.74, 6) is 0.604. The fourth-order valence-electron chi connectivity index (χ4n) is 1.28. The van der Waals surface area contributed by atoms with Gasteiger partial charge < -0.3 is 10.1 Å². The average Bonchev–Trinajstić information content (AvgIpc) is 3.00. The predicted molar refractivity (Wildman–Crippen MR) is 61.2 cm³/mol. The van der Waals surface area contributed by atoms with E-state index in [4.69, 9.17) is 4.74 Å². The normalized spacial score (nSPS) is 15.6. The Hall–Kier alpha value is -0.660. The highest BCUT2D eigenvalue weighted by Gasteiger charge is 2.19. The lowest BCUT2D eigenvalue weighted by molar-refractivity contribution is 0.199. The van der Waals surface area contributed by atoms with Crippen molar-refractivity contribution in [2.45, 2.75) is 37.5 Å². The summed E-state index contributed by atoms with van der Waals surface area (Å²) in [4.78, 5) is 0. The summed E-state index contributed by atoms with van der Waals surface area (Å²) in [5, 5.41) is 15.8. The van der Waals surface area contributed by atoms with E-state index in [0.717, 1.165) is 30.9 Å². The summed E-state index contributed by atoms with van der Waals surface area (Å²) in [5.41, 5.74) is 0. The van der Waals surface area contributed by atoms with Crippen LogP contribution in [0.3, 0.4) is 0 Å². The largest absolute Gasteiger partial charge is 0.371 e. The minimum atomic E-state index is 0.604. The highest BCUT2D eigenvalue weighted by Crippen LogP contribution is 2.18. The molecular formula is C9H17N5OS. The number of nitrogens with zero attached hydrogens (tertiary/aromatic N) is 4. The molecule has 90 valence electrons. The maximum absolute atomic E-state index is 5.25. The van der Waals surface area contributed by atoms with Crippen LogP contribution in [0.5, 0.6) is 0 Å². The zero-order chi connectivity index (χ0) is 11.2. The molecule has 1 N–H and O–H groups in total. The van der Waals surface area contributed by atoms with Gasteiger partial charge in [-0.05, 0) is 30.2 Å². The number of thioether (sulfide) groups is 1. The van der Waals surface area contributed by atoms with E-state index in [1.807, 2.05) is 11.6 Å². The molecule has 0 saturated heterocycles. The maximum atomic E-state index is 5.25. The molecule has 0 aliphatic heterocycles. The van der Waals surface area contributed by atoms with E-state index in [9.17, 15) is 0 Å². The second-order valence-electron chi connectivity index (χ2n) is 3.67. The Morgan fingerprint density at radius 1 is 1.56 bits per heavy atom. The quantitative estimate of drug-likeness (QED) is 0.408. The molecule has 1 aliphatic rings. The first-order valence-corrected chi connectivity index (χ1v) is 6.59. The zero-order valence-electron chi connectivity index (χ0n) is 9.43. The summed E-state index contributed by atoms with van der Waals surface area (Å²) >= 11 is 1.53. The standard InChI is InChI=1S/C9H17N5OS/c1-2-15-7-16-9-11-12-13-14(9)6-5-10-8-3-4-8/h8,10H,2-7H2,1H3. The summed E-state index contributed by atoms with van der Waals surface area (Å²) in [6, 6.07) is 0.732. The number of ether oxygens (including phenoxy) is 1. The molecule has 1 saturated carbocycles. The molecule has 0 bridgehead atoms. The van der Waals surface area contributed by atoms with Crippen molar-refractivity contribution in [1.29, 1.82) is 0 Å². The van der Waals surface area contributed by atoms with Gasteiger partial charge in [0.05, 0.1) is 12.5 Å². The Kier molecular flexibility index (Phi) is 4.55. The van der Waals surface area contributed by atoms with Crippen molar-refractivity contribution < 1.29 is 4.74 Å². The summed E-state index contributed by atoms with van der Waals surface area (Å²) in [6.07, 6.45) is 2.61. The van der Waals surface area contributed by atoms with E-state index in [0.29, 0.717) is 5.94 Å². The molecule has 1 heterocycles. The van der Waals surface area contributed by atoms with E-state index in [1.54, 1.807) is 0 Å². The van der Waals surface area contributed by atoms with E-state index in [1.165, 1.54) is 24.6 Å². The summed E-state index contributed by atoms with van der Waals surface area (Å²) in [6.45, 7) is 4.44. The van der Waals surface area contributed by atoms with E-state index in [2.05, 4.69) is 20.8 Å². The summed E-state index contributed by atoms with van der Waals surface area (Å²) in [7, 11) is 0. The van der Waals surface area contributed by atoms with Crippen molar-refractivity contribution in [1.82, 2.24) is 25.5 Å². The van der Waals surface area contributed by atoms with E-state index < -0.39 is 0 Å². The van der Waals surface area contributed by atoms with Crippen LogP contribution >= 0.6 is 11.8 Å². The molecule has 0 aromatic carbocycles. The lowest BCUT2D eigenvalue weighted by atomic mass is 10.6. The molecule has 1 aromatic rings. The fraction of sp³-hybridized carbons (Fsp3) is 0.889. The van der Waals surface area contributed by atoms with Gasteiger partial charge >= 0.3 is 0 Å². The first-order valence-electron chi connectivity index (χ1n) is 5.60. The molecule has 7 heteroatoms. The average molecular weight is 243 g/mol. The third kappa shape index (κ3) is 3.73. The molecule has 0 radical (unpaired) electrons. The molecule has 0 unspecified atom stereocenters. The van der Waals surface area contributed by atoms with Gasteiger partial charge in [0.1, 0.15) is 0 Å². The fourth-order valence-corrected chi connectivity index (χ4v) is 2.01. The zero-order valence-corrected chi connectivity index (χ0v) is 10.2. The molecule has 0 atom stereocenters. The second-order valence-corrected chi connectivity index (χ2v) is 4.56. The maximum Gasteiger partial charge on any atom is 0.211 e. The van der Waals surface area contributed by atoms with Crippen LogP contribution in [0.25, 0.3) is 0 Å². The van der Waals surface area contributed by atoms with Crippen LogP contribution in [-0.4, -0.2) is 45.3 Å². The van der Waals surface area contributed by atoms with Crippen molar-refractivity contribution in [3.63, 3.8) is 0 Å². The highest BCUT2D eigenvalue weighted by atomic mass is 32.2. The first kappa shape index (κ1) is 11.8. The Balaban J connectivity index is 1.71. The van der Waals surface area contributed by atoms with Gasteiger partial charge in [-0.3, -0.25) is 0 Å². The van der Waals surface area contributed by atoms with Gasteiger partial charge in [0, 0.05) is 19.2 Å². The number of nitrogens with one attached hydrogen (secondary N) is 1. The van der Waals surface area contributed by atoms with Crippen LogP contribution in [0.1, 0.15) is 19.8 Å². The minimum Gasteiger partial charge on any atom is -0.371 e. The van der Waals surface area contributed by atoms with Crippen molar-refractivity contribution >= 4 is 11.8 Å². The molecule has 2 rings (SSSR count). The van der Waals surface area contributed by atoms with Gasteiger partial charge in [-0.15, -0.1) is 5.10 Å². The number of aromatic nitrogens is 4. The molecule has 1 aliphatic carbocycles. The predicted octanol–water partition coefficient (Wildman–Crippen LogP) is 0.511. The third-order valence-corrected chi connectivity index (χ3v) is 3.14. The van der Waals surface area contributed by atoms with Crippen LogP contribution in [0.2, 0.25) is 0 Å². The van der Waals surface area contributed by atoms with Gasteiger partial charge in [-0.25, -0.2) is 4.68 Å². The van der Waals surface area contributed by atoms with Gasteiger partial charge in [-0.1, -0.05) is 11.8 Å². The Bertz CT molecular complexity index is 315. The summed E-state index contributed by atoms with van der Waals surface area (Å²) < 4.78 is 7.07. The first-order chi connectivity index (χ1) is 7.90. The van der Waals surface area contributed by atoms with Crippen molar-refractivity contribution in [3.8, 4) is 0 Å². The van der Waals surface area contributed by atoms with Crippen LogP contribution in [0.15, 0.2) is 5.16 Å². The van der Waals surface area contributed by atoms with Gasteiger partial charge in [-0.2, -0.15) is 0 Å². The smallest absolute Gasteiger partial charge is 0.211 e. The van der Waals surface area contributed by atoms with Gasteiger partial charge in [0.15, 0.2) is 0 Å². The lowest BCUT2D eigenvalue weighted by Crippen LogP contribution is -2.22. The molecule has 0 amide bonds. The van der Waals surface area contributed by atoms with Crippen molar-refractivity contribution in [3.05, 3.63) is 0 Å². The Morgan fingerprint density at radius 3 is 3.19 bits per heavy atom. The SMILES string of the molecule is CCOCSc1nnnn1CCNC1CC1. The highest BCUT2D eigenvalue weighted by molar-refractivity contribution is 7.99. The molecule has 1 aromatic heterocycles. The van der Waals surface area contributed by atoms with Crippen LogP contribution in [0.4, 0.5) is 0 Å². The molecule has 16 heavy (non-hydrogen) atoms. The number of hydrogen-bond donors (Lipinski definition) is 1. The third-order valence-electron chi connectivity index (χ3n) is 2.31. The topological polar surface area (TPSA) is 64.9 Å². The van der Waals surface area contributed by atoms with Crippen LogP contribution in [0, 0.1) is 0 Å². The molecule has 1 fully saturated rings. The van der Waals surface area contributed by atoms with Gasteiger partial charge in [0.2, 0.25) is 5.16 Å². The molecule has 6 nitrogen and oxygen atoms in total. The second kappa shape index (κ2) is 6.17. The minimum absolute atomic E-state index is 0.604. The lowest BCUT2D eigenvalue weighted by Gasteiger charge is -2.04. The monoisotopic (exact) mass is 243 g/mol. The van der Waals surface area contributed by atoms with Crippen molar-refractivity contribution in [2.75, 3.05) is 19.1 Å². The number of rotatable bonds is 8. The Morgan fingerprint density at radius 2 is 2.44 bits per heavy atom. The van der Waals surface area contributed by atoms with Crippen LogP contribution in [-0.2, 0) is 11.3 Å². The molecule has 0 spiro atoms. The Labute approximate surface area is 99.1 Å². The van der Waals surface area contributed by atoms with Crippen molar-refractivity contribution in [2.24, 2.45) is 0 Å². The van der Waals surface area contributed by atoms with E-state index in [-0.39, 0.29) is 0 Å². The van der Waals surface area contributed by atoms with Crippen LogP contribution < -0.4 is 5.32 Å².